The molecule has 0 aromatic heterocycles. The SMILES string of the molecule is COc1ccc(NC(=O)[C@H](C)N)cc1N1CCCC1=O.Cl. The number of nitrogens with two attached hydrogens (primary N) is 1. The van der Waals surface area contributed by atoms with Crippen LogP contribution in [0.2, 0.25) is 0 Å². The predicted octanol–water partition coefficient (Wildman–Crippen LogP) is 1.53. The molecule has 1 saturated heterocycles. The van der Waals surface area contributed by atoms with Gasteiger partial charge in [0.1, 0.15) is 5.75 Å². The molecule has 1 aliphatic rings. The zero-order valence-electron chi connectivity index (χ0n) is 12.1. The van der Waals surface area contributed by atoms with E-state index in [-0.39, 0.29) is 24.2 Å². The Kier molecular flexibility index (Phi) is 5.99. The normalized spacial score (nSPS) is 15.4. The number of carbonyl (C=O) groups excluding carboxylic acids is 2. The van der Waals surface area contributed by atoms with Gasteiger partial charge in [-0.25, -0.2) is 0 Å². The molecule has 0 unspecified atom stereocenters. The second kappa shape index (κ2) is 7.28. The molecule has 0 spiro atoms. The van der Waals surface area contributed by atoms with Gasteiger partial charge in [0.15, 0.2) is 0 Å². The maximum atomic E-state index is 11.8. The summed E-state index contributed by atoms with van der Waals surface area (Å²) in [5, 5.41) is 2.71. The highest BCUT2D eigenvalue weighted by atomic mass is 35.5. The summed E-state index contributed by atoms with van der Waals surface area (Å²) in [4.78, 5) is 25.1. The monoisotopic (exact) mass is 313 g/mol. The number of carbonyl (C=O) groups is 2. The van der Waals surface area contributed by atoms with Crippen LogP contribution in [-0.2, 0) is 9.59 Å². The lowest BCUT2D eigenvalue weighted by Crippen LogP contribution is -2.32. The quantitative estimate of drug-likeness (QED) is 0.883. The van der Waals surface area contributed by atoms with Crippen molar-refractivity contribution >= 4 is 35.6 Å². The van der Waals surface area contributed by atoms with E-state index in [0.717, 1.165) is 6.42 Å². The maximum absolute atomic E-state index is 11.8. The molecule has 2 amide bonds. The number of methoxy groups -OCH3 is 1. The summed E-state index contributed by atoms with van der Waals surface area (Å²) in [5.74, 6) is 0.409. The first-order valence-electron chi connectivity index (χ1n) is 6.58. The minimum Gasteiger partial charge on any atom is -0.495 e. The van der Waals surface area contributed by atoms with E-state index < -0.39 is 6.04 Å². The van der Waals surface area contributed by atoms with Crippen LogP contribution in [0, 0.1) is 0 Å². The Hall–Kier alpha value is -1.79. The molecule has 3 N–H and O–H groups in total. The largest absolute Gasteiger partial charge is 0.495 e. The van der Waals surface area contributed by atoms with Crippen LogP contribution in [-0.4, -0.2) is 31.5 Å². The van der Waals surface area contributed by atoms with Crippen molar-refractivity contribution in [3.05, 3.63) is 18.2 Å². The van der Waals surface area contributed by atoms with Crippen molar-refractivity contribution in [3.63, 3.8) is 0 Å². The van der Waals surface area contributed by atoms with Crippen molar-refractivity contribution in [1.82, 2.24) is 0 Å². The van der Waals surface area contributed by atoms with E-state index in [0.29, 0.717) is 30.1 Å². The molecule has 0 bridgehead atoms. The fourth-order valence-corrected chi connectivity index (χ4v) is 2.14. The van der Waals surface area contributed by atoms with Crippen molar-refractivity contribution in [2.75, 3.05) is 23.9 Å². The van der Waals surface area contributed by atoms with Gasteiger partial charge in [0.05, 0.1) is 18.8 Å². The molecule has 1 heterocycles. The highest BCUT2D eigenvalue weighted by molar-refractivity contribution is 5.99. The number of amides is 2. The third-order valence-corrected chi connectivity index (χ3v) is 3.22. The summed E-state index contributed by atoms with van der Waals surface area (Å²) in [6, 6.07) is 4.61. The van der Waals surface area contributed by atoms with Crippen molar-refractivity contribution in [2.45, 2.75) is 25.8 Å². The fraction of sp³-hybridized carbons (Fsp3) is 0.429. The molecule has 1 fully saturated rings. The Labute approximate surface area is 130 Å². The number of hydrogen-bond donors (Lipinski definition) is 2. The summed E-state index contributed by atoms with van der Waals surface area (Å²) >= 11 is 0. The molecule has 6 nitrogen and oxygen atoms in total. The molecule has 1 aliphatic heterocycles. The van der Waals surface area contributed by atoms with Gasteiger partial charge in [-0.2, -0.15) is 0 Å². The van der Waals surface area contributed by atoms with Gasteiger partial charge in [-0.15, -0.1) is 12.4 Å². The van der Waals surface area contributed by atoms with E-state index in [1.54, 1.807) is 37.1 Å². The van der Waals surface area contributed by atoms with E-state index in [9.17, 15) is 9.59 Å². The molecule has 7 heteroatoms. The first-order chi connectivity index (χ1) is 9.52. The second-order valence-corrected chi connectivity index (χ2v) is 4.81. The average Bonchev–Trinajstić information content (AvgIpc) is 2.84. The fourth-order valence-electron chi connectivity index (χ4n) is 2.14. The zero-order chi connectivity index (χ0) is 14.7. The third-order valence-electron chi connectivity index (χ3n) is 3.22. The minimum absolute atomic E-state index is 0. The lowest BCUT2D eigenvalue weighted by atomic mass is 10.2. The lowest BCUT2D eigenvalue weighted by molar-refractivity contribution is -0.117. The van der Waals surface area contributed by atoms with Crippen LogP contribution in [0.1, 0.15) is 19.8 Å². The molecule has 116 valence electrons. The molecule has 1 aromatic rings. The summed E-state index contributed by atoms with van der Waals surface area (Å²) < 4.78 is 5.28. The van der Waals surface area contributed by atoms with Crippen LogP contribution in [0.15, 0.2) is 18.2 Å². The maximum Gasteiger partial charge on any atom is 0.240 e. The third kappa shape index (κ3) is 3.86. The van der Waals surface area contributed by atoms with Gasteiger partial charge in [-0.3, -0.25) is 9.59 Å². The first-order valence-corrected chi connectivity index (χ1v) is 6.58. The topological polar surface area (TPSA) is 84.7 Å². The molecule has 0 saturated carbocycles. The molecule has 0 aliphatic carbocycles. The Morgan fingerprint density at radius 3 is 2.71 bits per heavy atom. The number of rotatable bonds is 4. The van der Waals surface area contributed by atoms with Gasteiger partial charge in [-0.1, -0.05) is 0 Å². The van der Waals surface area contributed by atoms with Gasteiger partial charge < -0.3 is 20.7 Å². The lowest BCUT2D eigenvalue weighted by Gasteiger charge is -2.20. The van der Waals surface area contributed by atoms with Crippen LogP contribution in [0.25, 0.3) is 0 Å². The Morgan fingerprint density at radius 2 is 2.19 bits per heavy atom. The second-order valence-electron chi connectivity index (χ2n) is 4.81. The van der Waals surface area contributed by atoms with Crippen LogP contribution in [0.4, 0.5) is 11.4 Å². The van der Waals surface area contributed by atoms with Crippen LogP contribution in [0.5, 0.6) is 5.75 Å². The van der Waals surface area contributed by atoms with E-state index in [2.05, 4.69) is 5.32 Å². The number of anilines is 2. The standard InChI is InChI=1S/C14H19N3O3.ClH/c1-9(15)14(19)16-10-5-6-12(20-2)11(8-10)17-7-3-4-13(17)18;/h5-6,8-9H,3-4,7,15H2,1-2H3,(H,16,19);1H/t9-;/m0./s1. The van der Waals surface area contributed by atoms with E-state index >= 15 is 0 Å². The summed E-state index contributed by atoms with van der Waals surface area (Å²) in [7, 11) is 1.56. The van der Waals surface area contributed by atoms with E-state index in [1.807, 2.05) is 0 Å². The Balaban J connectivity index is 0.00000220. The van der Waals surface area contributed by atoms with E-state index in [4.69, 9.17) is 10.5 Å². The highest BCUT2D eigenvalue weighted by Crippen LogP contribution is 2.33. The summed E-state index contributed by atoms with van der Waals surface area (Å²) in [5.41, 5.74) is 6.80. The zero-order valence-corrected chi connectivity index (χ0v) is 12.9. The molecular weight excluding hydrogens is 294 g/mol. The molecule has 2 rings (SSSR count). The Morgan fingerprint density at radius 1 is 1.48 bits per heavy atom. The van der Waals surface area contributed by atoms with Crippen LogP contribution < -0.4 is 20.7 Å². The smallest absolute Gasteiger partial charge is 0.240 e. The molecule has 21 heavy (non-hydrogen) atoms. The van der Waals surface area contributed by atoms with Crippen molar-refractivity contribution in [2.24, 2.45) is 5.73 Å². The van der Waals surface area contributed by atoms with Crippen molar-refractivity contribution in [3.8, 4) is 5.75 Å². The predicted molar refractivity (Wildman–Crippen MR) is 84.1 cm³/mol. The van der Waals surface area contributed by atoms with Crippen LogP contribution >= 0.6 is 12.4 Å². The Bertz CT molecular complexity index is 534. The number of nitrogens with one attached hydrogen (secondary N) is 1. The number of halogens is 1. The highest BCUT2D eigenvalue weighted by Gasteiger charge is 2.25. The molecule has 0 radical (unpaired) electrons. The van der Waals surface area contributed by atoms with Crippen molar-refractivity contribution in [1.29, 1.82) is 0 Å². The minimum atomic E-state index is -0.589. The summed E-state index contributed by atoms with van der Waals surface area (Å²) in [6.07, 6.45) is 1.37. The first kappa shape index (κ1) is 17.3. The summed E-state index contributed by atoms with van der Waals surface area (Å²) in [6.45, 7) is 2.28. The average molecular weight is 314 g/mol. The van der Waals surface area contributed by atoms with E-state index in [1.165, 1.54) is 0 Å². The molecular formula is C14H20ClN3O3. The number of nitrogens with zero attached hydrogens (tertiary/aromatic N) is 1. The molecule has 1 aromatic carbocycles. The number of benzene rings is 1. The molecule has 1 atom stereocenters. The van der Waals surface area contributed by atoms with Crippen LogP contribution in [0.3, 0.4) is 0 Å². The van der Waals surface area contributed by atoms with Gasteiger partial charge in [0, 0.05) is 18.7 Å². The van der Waals surface area contributed by atoms with Gasteiger partial charge in [0.25, 0.3) is 0 Å². The van der Waals surface area contributed by atoms with Crippen molar-refractivity contribution < 1.29 is 14.3 Å². The number of hydrogen-bond acceptors (Lipinski definition) is 4. The van der Waals surface area contributed by atoms with Gasteiger partial charge in [0.2, 0.25) is 11.8 Å². The van der Waals surface area contributed by atoms with Gasteiger partial charge in [-0.05, 0) is 31.5 Å². The number of ether oxygens (including phenoxy) is 1. The van der Waals surface area contributed by atoms with Gasteiger partial charge >= 0.3 is 0 Å².